The number of benzene rings is 2. The Balaban J connectivity index is 0.000000495. The van der Waals surface area contributed by atoms with E-state index in [4.69, 9.17) is 37.6 Å². The molecule has 0 spiro atoms. The summed E-state index contributed by atoms with van der Waals surface area (Å²) in [6.07, 6.45) is 9.38. The summed E-state index contributed by atoms with van der Waals surface area (Å²) in [5.41, 5.74) is 6.56. The molecule has 0 aliphatic heterocycles. The Labute approximate surface area is 321 Å². The average Bonchev–Trinajstić information content (AvgIpc) is 3.84. The number of oxime groups is 2. The number of hydrogen-bond acceptors (Lipinski definition) is 12. The molecule has 4 aromatic rings. The van der Waals surface area contributed by atoms with Crippen molar-refractivity contribution < 1.29 is 37.6 Å². The lowest BCUT2D eigenvalue weighted by molar-refractivity contribution is 0.213. The first-order valence-corrected chi connectivity index (χ1v) is 18.1. The van der Waals surface area contributed by atoms with E-state index in [2.05, 4.69) is 20.5 Å². The first-order chi connectivity index (χ1) is 26.1. The monoisotopic (exact) mass is 748 g/mol. The van der Waals surface area contributed by atoms with Crippen molar-refractivity contribution in [3.63, 3.8) is 0 Å². The van der Waals surface area contributed by atoms with Gasteiger partial charge in [0, 0.05) is 6.07 Å². The van der Waals surface area contributed by atoms with Gasteiger partial charge < -0.3 is 37.6 Å². The van der Waals surface area contributed by atoms with Crippen LogP contribution in [0.25, 0.3) is 0 Å². The maximum atomic E-state index is 5.91. The first kappa shape index (κ1) is 46.5. The van der Waals surface area contributed by atoms with Gasteiger partial charge in [-0.1, -0.05) is 67.5 Å². The van der Waals surface area contributed by atoms with E-state index in [-0.39, 0.29) is 13.2 Å². The van der Waals surface area contributed by atoms with Crippen molar-refractivity contribution in [1.82, 2.24) is 10.1 Å². The van der Waals surface area contributed by atoms with Crippen LogP contribution in [0.2, 0.25) is 0 Å². The number of oxazole rings is 1. The van der Waals surface area contributed by atoms with Gasteiger partial charge in [-0.25, -0.2) is 4.98 Å². The highest BCUT2D eigenvalue weighted by molar-refractivity contribution is 5.96. The molecular weight excluding hydrogens is 688 g/mol. The van der Waals surface area contributed by atoms with Crippen LogP contribution in [0, 0.1) is 27.7 Å². The highest BCUT2D eigenvalue weighted by Gasteiger charge is 2.13. The molecule has 0 unspecified atom stereocenters. The van der Waals surface area contributed by atoms with Crippen LogP contribution < -0.4 is 18.9 Å². The summed E-state index contributed by atoms with van der Waals surface area (Å²) in [6, 6.07) is 9.64. The predicted molar refractivity (Wildman–Crippen MR) is 215 cm³/mol. The molecule has 12 heteroatoms. The third-order valence-electron chi connectivity index (χ3n) is 7.04. The van der Waals surface area contributed by atoms with E-state index in [0.29, 0.717) is 47.7 Å². The minimum Gasteiger partial charge on any atom is -0.490 e. The van der Waals surface area contributed by atoms with Crippen LogP contribution in [0.3, 0.4) is 0 Å². The van der Waals surface area contributed by atoms with Gasteiger partial charge >= 0.3 is 0 Å². The van der Waals surface area contributed by atoms with Gasteiger partial charge in [-0.2, -0.15) is 0 Å². The van der Waals surface area contributed by atoms with E-state index < -0.39 is 0 Å². The first-order valence-electron chi connectivity index (χ1n) is 18.1. The van der Waals surface area contributed by atoms with Crippen molar-refractivity contribution in [2.24, 2.45) is 10.3 Å². The summed E-state index contributed by atoms with van der Waals surface area (Å²) < 4.78 is 33.9. The van der Waals surface area contributed by atoms with Crippen LogP contribution in [0.1, 0.15) is 101 Å². The lowest BCUT2D eigenvalue weighted by Gasteiger charge is -2.13. The van der Waals surface area contributed by atoms with E-state index in [1.54, 1.807) is 19.9 Å². The zero-order valence-corrected chi connectivity index (χ0v) is 34.7. The normalized spacial score (nSPS) is 11.1. The van der Waals surface area contributed by atoms with Gasteiger partial charge in [-0.05, 0) is 102 Å². The molecule has 0 bridgehead atoms. The molecule has 0 fully saturated rings. The molecule has 2 aromatic heterocycles. The predicted octanol–water partition coefficient (Wildman–Crippen LogP) is 10.4. The van der Waals surface area contributed by atoms with Crippen molar-refractivity contribution in [3.8, 4) is 23.0 Å². The largest absolute Gasteiger partial charge is 0.490 e. The van der Waals surface area contributed by atoms with Gasteiger partial charge in [0.05, 0.1) is 0 Å². The topological polar surface area (TPSA) is 132 Å². The zero-order valence-electron chi connectivity index (χ0n) is 34.7. The maximum Gasteiger partial charge on any atom is 0.232 e. The van der Waals surface area contributed by atoms with Crippen molar-refractivity contribution in [2.75, 3.05) is 27.4 Å². The quantitative estimate of drug-likeness (QED) is 0.0619. The molecule has 0 aliphatic carbocycles. The van der Waals surface area contributed by atoms with Gasteiger partial charge in [0.25, 0.3) is 0 Å². The molecule has 54 heavy (non-hydrogen) atoms. The average molecular weight is 749 g/mol. The Hall–Kier alpha value is -5.52. The van der Waals surface area contributed by atoms with Crippen LogP contribution in [0.5, 0.6) is 23.0 Å². The van der Waals surface area contributed by atoms with Gasteiger partial charge in [0.15, 0.2) is 12.4 Å². The molecule has 296 valence electrons. The second-order valence-corrected chi connectivity index (χ2v) is 11.1. The molecule has 0 radical (unpaired) electrons. The van der Waals surface area contributed by atoms with Gasteiger partial charge in [0.2, 0.25) is 5.89 Å². The Morgan fingerprint density at radius 3 is 1.54 bits per heavy atom. The number of nitrogens with zero attached hydrogens (tertiary/aromatic N) is 4. The van der Waals surface area contributed by atoms with E-state index in [0.717, 1.165) is 45.3 Å². The summed E-state index contributed by atoms with van der Waals surface area (Å²) >= 11 is 0. The summed E-state index contributed by atoms with van der Waals surface area (Å²) in [5.74, 6) is 4.37. The number of allylic oxidation sites excluding steroid dienone is 2. The lowest BCUT2D eigenvalue weighted by Crippen LogP contribution is -2.02. The van der Waals surface area contributed by atoms with E-state index >= 15 is 0 Å². The molecule has 12 nitrogen and oxygen atoms in total. The Morgan fingerprint density at radius 1 is 0.648 bits per heavy atom. The van der Waals surface area contributed by atoms with Crippen molar-refractivity contribution in [3.05, 3.63) is 106 Å². The van der Waals surface area contributed by atoms with Crippen molar-refractivity contribution in [2.45, 2.75) is 96.3 Å². The van der Waals surface area contributed by atoms with Gasteiger partial charge in [-0.15, -0.1) is 0 Å². The summed E-state index contributed by atoms with van der Waals surface area (Å²) in [5, 5.41) is 11.6. The van der Waals surface area contributed by atoms with Crippen LogP contribution in [0.4, 0.5) is 0 Å². The van der Waals surface area contributed by atoms with E-state index in [1.165, 1.54) is 20.5 Å². The Bertz CT molecular complexity index is 1610. The van der Waals surface area contributed by atoms with Crippen LogP contribution in [-0.4, -0.2) is 49.0 Å². The zero-order chi connectivity index (χ0) is 40.5. The highest BCUT2D eigenvalue weighted by atomic mass is 16.6. The molecule has 2 heterocycles. The molecular formula is C42H60N4O8. The van der Waals surface area contributed by atoms with Crippen LogP contribution >= 0.6 is 0 Å². The van der Waals surface area contributed by atoms with Gasteiger partial charge in [-0.3, -0.25) is 0 Å². The molecule has 0 aliphatic rings. The second-order valence-electron chi connectivity index (χ2n) is 11.1. The number of rotatable bonds is 16. The standard InChI is InChI=1S/2C19H24N2O4.2C2H6/c1-6-7-8-23-16-9-13(2)19(14(3)10-16)25-12-18-20-17(11-24-18)15(4)21-22-5;1-6-7-8-23-16-9-13(2)19(14(3)10-16)24-12-17-11-18(21-25-17)15(4)20-22-5;2*1-2/h2*6-7,9-11H,8,12H2,1-5H3;2*1-2H3/b7-6+,21-15?;7-6+,20-15?;;. The number of hydrogen-bond donors (Lipinski definition) is 0. The molecule has 0 N–H and O–H groups in total. The molecule has 0 saturated carbocycles. The fourth-order valence-corrected chi connectivity index (χ4v) is 4.66. The Kier molecular flexibility index (Phi) is 22.6. The summed E-state index contributed by atoms with van der Waals surface area (Å²) in [4.78, 5) is 13.8. The minimum atomic E-state index is 0.237. The summed E-state index contributed by atoms with van der Waals surface area (Å²) in [7, 11) is 2.98. The third-order valence-corrected chi connectivity index (χ3v) is 7.04. The molecule has 4 rings (SSSR count). The SMILES string of the molecule is C/C=C/COc1cc(C)c(OCc2cc(C(C)=NOC)no2)c(C)c1.C/C=C/COc1cc(C)c(OCc2nc(C(C)=NOC)co2)c(C)c1.CC.CC. The maximum absolute atomic E-state index is 5.91. The van der Waals surface area contributed by atoms with Gasteiger partial charge in [0.1, 0.15) is 86.1 Å². The fourth-order valence-electron chi connectivity index (χ4n) is 4.66. The lowest BCUT2D eigenvalue weighted by atomic mass is 10.1. The van der Waals surface area contributed by atoms with Crippen molar-refractivity contribution >= 4 is 11.4 Å². The summed E-state index contributed by atoms with van der Waals surface area (Å²) in [6.45, 7) is 25.1. The third kappa shape index (κ3) is 15.6. The van der Waals surface area contributed by atoms with Crippen LogP contribution in [-0.2, 0) is 22.9 Å². The highest BCUT2D eigenvalue weighted by Crippen LogP contribution is 2.30. The minimum absolute atomic E-state index is 0.237. The van der Waals surface area contributed by atoms with E-state index in [1.807, 2.05) is 118 Å². The second kappa shape index (κ2) is 26.3. The number of aromatic nitrogens is 2. The molecule has 0 saturated heterocycles. The molecule has 0 atom stereocenters. The Morgan fingerprint density at radius 2 is 1.09 bits per heavy atom. The van der Waals surface area contributed by atoms with E-state index in [9.17, 15) is 0 Å². The smallest absolute Gasteiger partial charge is 0.232 e. The fraction of sp³-hybridized carbons (Fsp3) is 0.429. The molecule has 0 amide bonds. The van der Waals surface area contributed by atoms with Crippen molar-refractivity contribution in [1.29, 1.82) is 0 Å². The molecule has 2 aromatic carbocycles. The van der Waals surface area contributed by atoms with Crippen LogP contribution in [0.15, 0.2) is 80.2 Å². The number of aryl methyl sites for hydroxylation is 4. The number of ether oxygens (including phenoxy) is 4.